The minimum atomic E-state index is 0.152. The Balaban J connectivity index is 1.94. The zero-order valence-corrected chi connectivity index (χ0v) is 10.6. The van der Waals surface area contributed by atoms with Crippen molar-refractivity contribution in [3.8, 4) is 5.95 Å². The highest BCUT2D eigenvalue weighted by Gasteiger charge is 2.07. The highest BCUT2D eigenvalue weighted by molar-refractivity contribution is 6.28. The number of nitrogens with zero attached hydrogens (tertiary/aromatic N) is 6. The van der Waals surface area contributed by atoms with Gasteiger partial charge in [-0.2, -0.15) is 15.1 Å². The summed E-state index contributed by atoms with van der Waals surface area (Å²) in [5.41, 5.74) is 1.01. The summed E-state index contributed by atoms with van der Waals surface area (Å²) in [6.45, 7) is 0. The molecule has 0 amide bonds. The van der Waals surface area contributed by atoms with Crippen molar-refractivity contribution in [1.82, 2.24) is 29.7 Å². The van der Waals surface area contributed by atoms with Crippen LogP contribution in [0.15, 0.2) is 43.0 Å². The number of pyridine rings is 1. The molecule has 0 bridgehead atoms. The van der Waals surface area contributed by atoms with Gasteiger partial charge in [0.05, 0.1) is 0 Å². The summed E-state index contributed by atoms with van der Waals surface area (Å²) in [5.74, 6) is 0.988. The molecule has 19 heavy (non-hydrogen) atoms. The average Bonchev–Trinajstić information content (AvgIpc) is 2.93. The lowest BCUT2D eigenvalue weighted by atomic mass is 10.2. The summed E-state index contributed by atoms with van der Waals surface area (Å²) < 4.78 is 1.54. The van der Waals surface area contributed by atoms with Crippen molar-refractivity contribution < 1.29 is 0 Å². The van der Waals surface area contributed by atoms with Gasteiger partial charge in [0, 0.05) is 31.2 Å². The standard InChI is InChI=1S/C12H9ClN6/c13-11-16-10(7-9-3-1-4-14-8-9)17-12(18-11)19-6-2-5-15-19/h1-6,8H,7H2. The molecule has 0 spiro atoms. The molecule has 0 unspecified atom stereocenters. The van der Waals surface area contributed by atoms with Gasteiger partial charge in [-0.25, -0.2) is 9.67 Å². The zero-order chi connectivity index (χ0) is 13.1. The van der Waals surface area contributed by atoms with Gasteiger partial charge < -0.3 is 0 Å². The minimum Gasteiger partial charge on any atom is -0.264 e. The second-order valence-corrected chi connectivity index (χ2v) is 4.15. The summed E-state index contributed by atoms with van der Waals surface area (Å²) >= 11 is 5.91. The molecule has 0 aliphatic heterocycles. The number of hydrogen-bond donors (Lipinski definition) is 0. The first-order chi connectivity index (χ1) is 9.31. The van der Waals surface area contributed by atoms with Crippen LogP contribution in [0.3, 0.4) is 0 Å². The Hall–Kier alpha value is -2.34. The molecule has 3 aromatic rings. The molecule has 0 radical (unpaired) electrons. The van der Waals surface area contributed by atoms with Crippen LogP contribution in [0.25, 0.3) is 5.95 Å². The fraction of sp³-hybridized carbons (Fsp3) is 0.0833. The smallest absolute Gasteiger partial charge is 0.255 e. The van der Waals surface area contributed by atoms with E-state index in [0.717, 1.165) is 5.56 Å². The fourth-order valence-electron chi connectivity index (χ4n) is 1.63. The van der Waals surface area contributed by atoms with Crippen LogP contribution in [0.4, 0.5) is 0 Å². The molecule has 0 aliphatic rings. The van der Waals surface area contributed by atoms with Crippen molar-refractivity contribution in [2.75, 3.05) is 0 Å². The van der Waals surface area contributed by atoms with Crippen molar-refractivity contribution in [3.63, 3.8) is 0 Å². The molecule has 3 heterocycles. The Kier molecular flexibility index (Phi) is 3.16. The van der Waals surface area contributed by atoms with E-state index in [2.05, 4.69) is 25.0 Å². The highest BCUT2D eigenvalue weighted by Crippen LogP contribution is 2.09. The van der Waals surface area contributed by atoms with E-state index in [1.54, 1.807) is 35.5 Å². The summed E-state index contributed by atoms with van der Waals surface area (Å²) in [4.78, 5) is 16.6. The van der Waals surface area contributed by atoms with Gasteiger partial charge in [0.2, 0.25) is 5.28 Å². The van der Waals surface area contributed by atoms with Gasteiger partial charge in [-0.3, -0.25) is 4.98 Å². The van der Waals surface area contributed by atoms with E-state index in [9.17, 15) is 0 Å². The predicted octanol–water partition coefficient (Wildman–Crippen LogP) is 1.70. The molecule has 6 nitrogen and oxygen atoms in total. The molecule has 3 aromatic heterocycles. The van der Waals surface area contributed by atoms with Gasteiger partial charge in [0.15, 0.2) is 0 Å². The van der Waals surface area contributed by atoms with Crippen LogP contribution in [-0.2, 0) is 6.42 Å². The molecule has 7 heteroatoms. The maximum atomic E-state index is 5.91. The second-order valence-electron chi connectivity index (χ2n) is 3.81. The Bertz CT molecular complexity index is 668. The lowest BCUT2D eigenvalue weighted by molar-refractivity contribution is 0.772. The number of hydrogen-bond acceptors (Lipinski definition) is 5. The van der Waals surface area contributed by atoms with Crippen molar-refractivity contribution in [2.24, 2.45) is 0 Å². The van der Waals surface area contributed by atoms with Crippen molar-refractivity contribution in [1.29, 1.82) is 0 Å². The predicted molar refractivity (Wildman–Crippen MR) is 69.0 cm³/mol. The van der Waals surface area contributed by atoms with Gasteiger partial charge in [0.1, 0.15) is 5.82 Å². The summed E-state index contributed by atoms with van der Waals surface area (Å²) in [5, 5.41) is 4.22. The average molecular weight is 273 g/mol. The molecule has 94 valence electrons. The normalized spacial score (nSPS) is 10.6. The van der Waals surface area contributed by atoms with Gasteiger partial charge in [-0.05, 0) is 29.3 Å². The highest BCUT2D eigenvalue weighted by atomic mass is 35.5. The van der Waals surface area contributed by atoms with E-state index in [1.165, 1.54) is 0 Å². The molecule has 3 rings (SSSR count). The Labute approximate surface area is 114 Å². The van der Waals surface area contributed by atoms with Gasteiger partial charge >= 0.3 is 0 Å². The molecule has 0 aromatic carbocycles. The van der Waals surface area contributed by atoms with Crippen LogP contribution < -0.4 is 0 Å². The minimum absolute atomic E-state index is 0.152. The maximum absolute atomic E-state index is 5.91. The van der Waals surface area contributed by atoms with Crippen LogP contribution in [-0.4, -0.2) is 29.7 Å². The van der Waals surface area contributed by atoms with Crippen LogP contribution in [0.2, 0.25) is 5.28 Å². The molecule has 0 saturated carbocycles. The summed E-state index contributed by atoms with van der Waals surface area (Å²) in [6.07, 6.45) is 7.44. The number of rotatable bonds is 3. The zero-order valence-electron chi connectivity index (χ0n) is 9.81. The monoisotopic (exact) mass is 272 g/mol. The Morgan fingerprint density at radius 1 is 1.11 bits per heavy atom. The molecule has 0 fully saturated rings. The van der Waals surface area contributed by atoms with Crippen LogP contribution in [0, 0.1) is 0 Å². The first-order valence-electron chi connectivity index (χ1n) is 5.60. The van der Waals surface area contributed by atoms with Crippen LogP contribution in [0.5, 0.6) is 0 Å². The first kappa shape index (κ1) is 11.7. The number of aromatic nitrogens is 6. The van der Waals surface area contributed by atoms with Crippen molar-refractivity contribution in [2.45, 2.75) is 6.42 Å². The second kappa shape index (κ2) is 5.11. The molecule has 0 saturated heterocycles. The van der Waals surface area contributed by atoms with Gasteiger partial charge in [0.25, 0.3) is 5.95 Å². The van der Waals surface area contributed by atoms with E-state index < -0.39 is 0 Å². The number of halogens is 1. The topological polar surface area (TPSA) is 69.4 Å². The third kappa shape index (κ3) is 2.74. The van der Waals surface area contributed by atoms with E-state index >= 15 is 0 Å². The molecule has 0 atom stereocenters. The third-order valence-corrected chi connectivity index (χ3v) is 2.61. The van der Waals surface area contributed by atoms with Gasteiger partial charge in [-0.15, -0.1) is 0 Å². The Morgan fingerprint density at radius 3 is 2.79 bits per heavy atom. The van der Waals surface area contributed by atoms with Crippen LogP contribution in [0.1, 0.15) is 11.4 Å². The Morgan fingerprint density at radius 2 is 2.05 bits per heavy atom. The van der Waals surface area contributed by atoms with Crippen molar-refractivity contribution >= 4 is 11.6 Å². The van der Waals surface area contributed by atoms with Crippen molar-refractivity contribution in [3.05, 3.63) is 59.7 Å². The molecule has 0 aliphatic carbocycles. The third-order valence-electron chi connectivity index (χ3n) is 2.44. The van der Waals surface area contributed by atoms with Gasteiger partial charge in [-0.1, -0.05) is 6.07 Å². The fourth-order valence-corrected chi connectivity index (χ4v) is 1.81. The van der Waals surface area contributed by atoms with Crippen LogP contribution >= 0.6 is 11.6 Å². The van der Waals surface area contributed by atoms with E-state index in [1.807, 2.05) is 12.1 Å². The van der Waals surface area contributed by atoms with E-state index in [4.69, 9.17) is 11.6 Å². The molecular weight excluding hydrogens is 264 g/mol. The molecule has 0 N–H and O–H groups in total. The largest absolute Gasteiger partial charge is 0.264 e. The SMILES string of the molecule is Clc1nc(Cc2cccnc2)nc(-n2cccn2)n1. The maximum Gasteiger partial charge on any atom is 0.255 e. The quantitative estimate of drug-likeness (QED) is 0.726. The van der Waals surface area contributed by atoms with E-state index in [-0.39, 0.29) is 5.28 Å². The molecular formula is C12H9ClN6. The lowest BCUT2D eigenvalue weighted by Crippen LogP contribution is -2.07. The van der Waals surface area contributed by atoms with E-state index in [0.29, 0.717) is 18.2 Å². The first-order valence-corrected chi connectivity index (χ1v) is 5.98. The summed E-state index contributed by atoms with van der Waals surface area (Å²) in [6, 6.07) is 5.61. The lowest BCUT2D eigenvalue weighted by Gasteiger charge is -2.04. The summed E-state index contributed by atoms with van der Waals surface area (Å²) in [7, 11) is 0.